The van der Waals surface area contributed by atoms with E-state index in [1.165, 1.54) is 12.1 Å². The van der Waals surface area contributed by atoms with Crippen LogP contribution in [-0.2, 0) is 10.9 Å². The van der Waals surface area contributed by atoms with Crippen LogP contribution < -0.4 is 10.2 Å². The molecule has 0 aromatic heterocycles. The Morgan fingerprint density at radius 3 is 2.20 bits per heavy atom. The fourth-order valence-electron chi connectivity index (χ4n) is 2.75. The summed E-state index contributed by atoms with van der Waals surface area (Å²) in [6.07, 6.45) is -3.05. The second-order valence-electron chi connectivity index (χ2n) is 7.45. The number of carbonyl (C=O) groups excluding carboxylic acids is 1. The second-order valence-corrected chi connectivity index (χ2v) is 7.45. The third-order valence-electron chi connectivity index (χ3n) is 4.10. The van der Waals surface area contributed by atoms with E-state index in [9.17, 15) is 18.0 Å². The number of ether oxygens (including phenoxy) is 1. The maximum absolute atomic E-state index is 12.6. The molecule has 0 spiro atoms. The Bertz CT molecular complexity index is 571. The molecule has 2 rings (SSSR count). The van der Waals surface area contributed by atoms with Crippen LogP contribution >= 0.6 is 0 Å². The van der Waals surface area contributed by atoms with Gasteiger partial charge in [-0.25, -0.2) is 4.79 Å². The quantitative estimate of drug-likeness (QED) is 0.868. The van der Waals surface area contributed by atoms with Gasteiger partial charge in [0.05, 0.1) is 12.2 Å². The highest BCUT2D eigenvalue weighted by Gasteiger charge is 2.30. The average molecular weight is 358 g/mol. The Hall–Kier alpha value is -1.92. The van der Waals surface area contributed by atoms with Crippen molar-refractivity contribution in [1.29, 1.82) is 0 Å². The molecule has 1 aliphatic heterocycles. The molecule has 1 amide bonds. The van der Waals surface area contributed by atoms with E-state index in [0.717, 1.165) is 43.8 Å². The molecule has 0 bridgehead atoms. The van der Waals surface area contributed by atoms with Gasteiger partial charge in [-0.05, 0) is 63.8 Å². The summed E-state index contributed by atoms with van der Waals surface area (Å²) in [7, 11) is 0. The number of anilines is 1. The minimum Gasteiger partial charge on any atom is -0.449 e. The number of hydrogen-bond donors (Lipinski definition) is 1. The number of nitrogens with one attached hydrogen (secondary N) is 1. The first-order valence-electron chi connectivity index (χ1n) is 8.42. The van der Waals surface area contributed by atoms with E-state index in [1.54, 1.807) is 0 Å². The Balaban J connectivity index is 1.79. The number of amides is 1. The molecule has 0 radical (unpaired) electrons. The van der Waals surface area contributed by atoms with Gasteiger partial charge in [0.25, 0.3) is 0 Å². The summed E-state index contributed by atoms with van der Waals surface area (Å²) in [6, 6.07) is 5.25. The highest BCUT2D eigenvalue weighted by atomic mass is 19.4. The Morgan fingerprint density at radius 1 is 1.16 bits per heavy atom. The number of piperidine rings is 1. The van der Waals surface area contributed by atoms with Crippen molar-refractivity contribution in [2.75, 3.05) is 24.6 Å². The van der Waals surface area contributed by atoms with Crippen LogP contribution in [0.5, 0.6) is 0 Å². The van der Waals surface area contributed by atoms with Gasteiger partial charge in [-0.15, -0.1) is 0 Å². The highest BCUT2D eigenvalue weighted by molar-refractivity contribution is 5.68. The molecular weight excluding hydrogens is 333 g/mol. The molecule has 1 fully saturated rings. The number of rotatable bonds is 3. The lowest BCUT2D eigenvalue weighted by Gasteiger charge is -2.33. The largest absolute Gasteiger partial charge is 0.449 e. The number of carbonyl (C=O) groups is 1. The van der Waals surface area contributed by atoms with E-state index in [1.807, 2.05) is 20.8 Å². The van der Waals surface area contributed by atoms with Gasteiger partial charge in [-0.3, -0.25) is 0 Å². The van der Waals surface area contributed by atoms with Crippen molar-refractivity contribution in [3.63, 3.8) is 0 Å². The molecular formula is C18H25F3N2O2. The summed E-state index contributed by atoms with van der Waals surface area (Å²) >= 11 is 0. The summed E-state index contributed by atoms with van der Waals surface area (Å²) in [5.74, 6) is 0.274. The average Bonchev–Trinajstić information content (AvgIpc) is 2.51. The molecule has 1 heterocycles. The zero-order chi connectivity index (χ0) is 18.7. The van der Waals surface area contributed by atoms with Crippen LogP contribution in [0.1, 0.15) is 39.2 Å². The van der Waals surface area contributed by atoms with Crippen LogP contribution in [0.4, 0.5) is 23.7 Å². The van der Waals surface area contributed by atoms with Crippen molar-refractivity contribution in [1.82, 2.24) is 5.32 Å². The van der Waals surface area contributed by atoms with E-state index in [2.05, 4.69) is 10.2 Å². The summed E-state index contributed by atoms with van der Waals surface area (Å²) in [6.45, 7) is 7.49. The van der Waals surface area contributed by atoms with Gasteiger partial charge in [-0.2, -0.15) is 13.2 Å². The molecule has 1 aromatic rings. The summed E-state index contributed by atoms with van der Waals surface area (Å²) in [5.41, 5.74) is -0.175. The van der Waals surface area contributed by atoms with Crippen molar-refractivity contribution in [2.24, 2.45) is 5.92 Å². The molecule has 1 N–H and O–H groups in total. The summed E-state index contributed by atoms with van der Waals surface area (Å²) in [4.78, 5) is 13.7. The summed E-state index contributed by atoms with van der Waals surface area (Å²) in [5, 5.41) is 2.75. The third kappa shape index (κ3) is 6.14. The van der Waals surface area contributed by atoms with Crippen molar-refractivity contribution >= 4 is 11.8 Å². The fourth-order valence-corrected chi connectivity index (χ4v) is 2.75. The van der Waals surface area contributed by atoms with Crippen molar-refractivity contribution in [3.05, 3.63) is 29.8 Å². The monoisotopic (exact) mass is 358 g/mol. The predicted octanol–water partition coefficient (Wildman–Crippen LogP) is 4.45. The Kier molecular flexibility index (Phi) is 5.85. The predicted molar refractivity (Wildman–Crippen MR) is 90.6 cm³/mol. The Labute approximate surface area is 146 Å². The number of alkyl halides is 3. The molecule has 7 heteroatoms. The van der Waals surface area contributed by atoms with Gasteiger partial charge in [0.1, 0.15) is 0 Å². The van der Waals surface area contributed by atoms with Crippen LogP contribution in [0, 0.1) is 5.92 Å². The number of benzene rings is 1. The highest BCUT2D eigenvalue weighted by Crippen LogP contribution is 2.31. The lowest BCUT2D eigenvalue weighted by atomic mass is 9.97. The van der Waals surface area contributed by atoms with E-state index in [4.69, 9.17) is 4.74 Å². The first-order valence-corrected chi connectivity index (χ1v) is 8.42. The topological polar surface area (TPSA) is 41.6 Å². The molecule has 0 aliphatic carbocycles. The number of nitrogens with zero attached hydrogens (tertiary/aromatic N) is 1. The van der Waals surface area contributed by atoms with Gasteiger partial charge in [-0.1, -0.05) is 0 Å². The number of hydrogen-bond acceptors (Lipinski definition) is 3. The van der Waals surface area contributed by atoms with Gasteiger partial charge in [0.15, 0.2) is 0 Å². The van der Waals surface area contributed by atoms with Crippen molar-refractivity contribution in [2.45, 2.75) is 45.3 Å². The minimum absolute atomic E-state index is 0.274. The molecule has 1 aliphatic rings. The van der Waals surface area contributed by atoms with Crippen molar-refractivity contribution in [3.8, 4) is 0 Å². The van der Waals surface area contributed by atoms with Gasteiger partial charge in [0, 0.05) is 24.3 Å². The van der Waals surface area contributed by atoms with Crippen LogP contribution in [0.3, 0.4) is 0 Å². The molecule has 4 nitrogen and oxygen atoms in total. The molecule has 0 unspecified atom stereocenters. The first kappa shape index (κ1) is 19.4. The minimum atomic E-state index is -4.31. The SMILES string of the molecule is CC(C)(C)NC(=O)OCC1CCN(c2ccc(C(F)(F)F)cc2)CC1. The lowest BCUT2D eigenvalue weighted by molar-refractivity contribution is -0.137. The van der Waals surface area contributed by atoms with Gasteiger partial charge in [0.2, 0.25) is 0 Å². The van der Waals surface area contributed by atoms with Gasteiger partial charge >= 0.3 is 12.3 Å². The Morgan fingerprint density at radius 2 is 1.72 bits per heavy atom. The van der Waals surface area contributed by atoms with E-state index >= 15 is 0 Å². The van der Waals surface area contributed by atoms with Crippen LogP contribution in [0.2, 0.25) is 0 Å². The number of halogens is 3. The molecule has 1 saturated heterocycles. The standard InChI is InChI=1S/C18H25F3N2O2/c1-17(2,3)22-16(24)25-12-13-8-10-23(11-9-13)15-6-4-14(5-7-15)18(19,20)21/h4-7,13H,8-12H2,1-3H3,(H,22,24). The van der Waals surface area contributed by atoms with Crippen LogP contribution in [0.25, 0.3) is 0 Å². The van der Waals surface area contributed by atoms with E-state index in [0.29, 0.717) is 6.61 Å². The smallest absolute Gasteiger partial charge is 0.416 e. The second kappa shape index (κ2) is 7.54. The molecule has 25 heavy (non-hydrogen) atoms. The number of alkyl carbamates (subject to hydrolysis) is 1. The van der Waals surface area contributed by atoms with Crippen molar-refractivity contribution < 1.29 is 22.7 Å². The molecule has 140 valence electrons. The maximum Gasteiger partial charge on any atom is 0.416 e. The maximum atomic E-state index is 12.6. The summed E-state index contributed by atoms with van der Waals surface area (Å²) < 4.78 is 43.1. The van der Waals surface area contributed by atoms with Crippen LogP contribution in [0.15, 0.2) is 24.3 Å². The normalized spacial score (nSPS) is 16.6. The molecule has 1 aromatic carbocycles. The van der Waals surface area contributed by atoms with Crippen LogP contribution in [-0.4, -0.2) is 31.3 Å². The first-order chi connectivity index (χ1) is 11.5. The van der Waals surface area contributed by atoms with E-state index in [-0.39, 0.29) is 11.5 Å². The van der Waals surface area contributed by atoms with Gasteiger partial charge < -0.3 is 15.0 Å². The lowest BCUT2D eigenvalue weighted by Crippen LogP contribution is -2.42. The zero-order valence-corrected chi connectivity index (χ0v) is 14.8. The zero-order valence-electron chi connectivity index (χ0n) is 14.8. The third-order valence-corrected chi connectivity index (χ3v) is 4.10. The fraction of sp³-hybridized carbons (Fsp3) is 0.611. The molecule has 0 atom stereocenters. The van der Waals surface area contributed by atoms with E-state index < -0.39 is 17.8 Å². The molecule has 0 saturated carbocycles.